The summed E-state index contributed by atoms with van der Waals surface area (Å²) < 4.78 is 4.73. The van der Waals surface area contributed by atoms with E-state index >= 15 is 0 Å². The van der Waals surface area contributed by atoms with Gasteiger partial charge in [-0.25, -0.2) is 4.98 Å². The van der Waals surface area contributed by atoms with Gasteiger partial charge in [-0.1, -0.05) is 0 Å². The highest BCUT2D eigenvalue weighted by molar-refractivity contribution is 5.72. The van der Waals surface area contributed by atoms with Gasteiger partial charge in [-0.3, -0.25) is 14.9 Å². The third-order valence-electron chi connectivity index (χ3n) is 3.52. The molecule has 0 saturated carbocycles. The number of pyridine rings is 1. The van der Waals surface area contributed by atoms with Crippen LogP contribution in [0.3, 0.4) is 0 Å². The number of hydrogen-bond acceptors (Lipinski definition) is 6. The Labute approximate surface area is 116 Å². The number of nitrogens with zero attached hydrogens (tertiary/aromatic N) is 3. The van der Waals surface area contributed by atoms with Crippen LogP contribution in [0.2, 0.25) is 0 Å². The molecule has 2 heterocycles. The highest BCUT2D eigenvalue weighted by Crippen LogP contribution is 2.30. The molecule has 0 aliphatic carbocycles. The fourth-order valence-electron chi connectivity index (χ4n) is 2.40. The van der Waals surface area contributed by atoms with Crippen LogP contribution in [0.1, 0.15) is 18.5 Å². The molecule has 20 heavy (non-hydrogen) atoms. The largest absolute Gasteiger partial charge is 0.469 e. The van der Waals surface area contributed by atoms with Crippen molar-refractivity contribution in [2.45, 2.75) is 19.8 Å². The minimum absolute atomic E-state index is 0.00659. The van der Waals surface area contributed by atoms with E-state index in [-0.39, 0.29) is 17.6 Å². The Balaban J connectivity index is 2.16. The standard InChI is InChI=1S/C13H17N3O4/c1-9-3-4-11(16(18)19)12(14-9)15-7-5-10(6-8-15)13(17)20-2/h3-4,10H,5-8H2,1-2H3. The summed E-state index contributed by atoms with van der Waals surface area (Å²) in [7, 11) is 1.38. The van der Waals surface area contributed by atoms with Crippen LogP contribution in [0.15, 0.2) is 12.1 Å². The van der Waals surface area contributed by atoms with Crippen molar-refractivity contribution in [1.82, 2.24) is 4.98 Å². The van der Waals surface area contributed by atoms with Crippen LogP contribution in [0.5, 0.6) is 0 Å². The molecule has 7 nitrogen and oxygen atoms in total. The average molecular weight is 279 g/mol. The summed E-state index contributed by atoms with van der Waals surface area (Å²) in [6, 6.07) is 3.10. The Kier molecular flexibility index (Phi) is 4.16. The number of methoxy groups -OCH3 is 1. The second-order valence-electron chi connectivity index (χ2n) is 4.84. The van der Waals surface area contributed by atoms with Crippen LogP contribution in [-0.4, -0.2) is 36.1 Å². The number of carbonyl (C=O) groups excluding carboxylic acids is 1. The van der Waals surface area contributed by atoms with Crippen molar-refractivity contribution in [3.63, 3.8) is 0 Å². The molecule has 1 aromatic heterocycles. The molecule has 0 atom stereocenters. The van der Waals surface area contributed by atoms with Crippen LogP contribution in [0.4, 0.5) is 11.5 Å². The van der Waals surface area contributed by atoms with E-state index in [1.807, 2.05) is 4.90 Å². The first kappa shape index (κ1) is 14.2. The van der Waals surface area contributed by atoms with Crippen LogP contribution >= 0.6 is 0 Å². The fourth-order valence-corrected chi connectivity index (χ4v) is 2.40. The number of piperidine rings is 1. The van der Waals surface area contributed by atoms with Crippen molar-refractivity contribution in [2.75, 3.05) is 25.1 Å². The first-order chi connectivity index (χ1) is 9.52. The number of nitro groups is 1. The Morgan fingerprint density at radius 1 is 1.45 bits per heavy atom. The smallest absolute Gasteiger partial charge is 0.311 e. The number of carbonyl (C=O) groups is 1. The molecule has 0 spiro atoms. The summed E-state index contributed by atoms with van der Waals surface area (Å²) in [4.78, 5) is 28.3. The van der Waals surface area contributed by atoms with E-state index < -0.39 is 4.92 Å². The van der Waals surface area contributed by atoms with Gasteiger partial charge in [-0.15, -0.1) is 0 Å². The van der Waals surface area contributed by atoms with Crippen LogP contribution in [0.25, 0.3) is 0 Å². The third kappa shape index (κ3) is 2.87. The molecule has 1 aromatic rings. The molecule has 2 rings (SSSR count). The Hall–Kier alpha value is -2.18. The monoisotopic (exact) mass is 279 g/mol. The molecule has 1 fully saturated rings. The number of rotatable bonds is 3. The molecule has 0 amide bonds. The predicted octanol–water partition coefficient (Wildman–Crippen LogP) is 1.69. The van der Waals surface area contributed by atoms with Gasteiger partial charge in [-0.2, -0.15) is 0 Å². The maximum absolute atomic E-state index is 11.5. The zero-order valence-electron chi connectivity index (χ0n) is 11.5. The lowest BCUT2D eigenvalue weighted by Crippen LogP contribution is -2.37. The van der Waals surface area contributed by atoms with Crippen LogP contribution in [-0.2, 0) is 9.53 Å². The summed E-state index contributed by atoms with van der Waals surface area (Å²) in [6.07, 6.45) is 1.25. The lowest BCUT2D eigenvalue weighted by molar-refractivity contribution is -0.384. The van der Waals surface area contributed by atoms with Gasteiger partial charge in [0, 0.05) is 24.8 Å². The van der Waals surface area contributed by atoms with E-state index in [2.05, 4.69) is 4.98 Å². The van der Waals surface area contributed by atoms with Crippen molar-refractivity contribution >= 4 is 17.5 Å². The van der Waals surface area contributed by atoms with Crippen molar-refractivity contribution in [3.8, 4) is 0 Å². The van der Waals surface area contributed by atoms with Crippen LogP contribution < -0.4 is 4.90 Å². The average Bonchev–Trinajstić information content (AvgIpc) is 2.46. The molecule has 0 bridgehead atoms. The molecule has 7 heteroatoms. The zero-order chi connectivity index (χ0) is 14.7. The highest BCUT2D eigenvalue weighted by Gasteiger charge is 2.29. The van der Waals surface area contributed by atoms with E-state index in [0.29, 0.717) is 31.7 Å². The molecular weight excluding hydrogens is 262 g/mol. The topological polar surface area (TPSA) is 85.6 Å². The summed E-state index contributed by atoms with van der Waals surface area (Å²) in [5.74, 6) is 0.0507. The molecule has 0 N–H and O–H groups in total. The summed E-state index contributed by atoms with van der Waals surface area (Å²) >= 11 is 0. The highest BCUT2D eigenvalue weighted by atomic mass is 16.6. The van der Waals surface area contributed by atoms with E-state index in [4.69, 9.17) is 4.74 Å². The van der Waals surface area contributed by atoms with Gasteiger partial charge < -0.3 is 9.64 Å². The lowest BCUT2D eigenvalue weighted by Gasteiger charge is -2.31. The van der Waals surface area contributed by atoms with Crippen molar-refractivity contribution in [2.24, 2.45) is 5.92 Å². The number of aryl methyl sites for hydroxylation is 1. The molecule has 1 aliphatic rings. The van der Waals surface area contributed by atoms with E-state index in [9.17, 15) is 14.9 Å². The number of ether oxygens (including phenoxy) is 1. The molecule has 0 unspecified atom stereocenters. The molecule has 108 valence electrons. The van der Waals surface area contributed by atoms with Gasteiger partial charge in [0.1, 0.15) is 0 Å². The first-order valence-electron chi connectivity index (χ1n) is 6.47. The van der Waals surface area contributed by atoms with Crippen molar-refractivity contribution < 1.29 is 14.5 Å². The van der Waals surface area contributed by atoms with Crippen molar-refractivity contribution in [3.05, 3.63) is 27.9 Å². The van der Waals surface area contributed by atoms with E-state index in [1.165, 1.54) is 13.2 Å². The lowest BCUT2D eigenvalue weighted by atomic mass is 9.97. The molecule has 0 aromatic carbocycles. The second-order valence-corrected chi connectivity index (χ2v) is 4.84. The summed E-state index contributed by atoms with van der Waals surface area (Å²) in [5, 5.41) is 11.1. The minimum atomic E-state index is -0.422. The minimum Gasteiger partial charge on any atom is -0.469 e. The number of anilines is 1. The number of aromatic nitrogens is 1. The molecule has 0 radical (unpaired) electrons. The maximum atomic E-state index is 11.5. The van der Waals surface area contributed by atoms with Gasteiger partial charge in [0.2, 0.25) is 5.82 Å². The SMILES string of the molecule is COC(=O)C1CCN(c2nc(C)ccc2[N+](=O)[O-])CC1. The molecule has 1 saturated heterocycles. The molecule has 1 aliphatic heterocycles. The Bertz CT molecular complexity index is 524. The summed E-state index contributed by atoms with van der Waals surface area (Å²) in [6.45, 7) is 2.93. The number of hydrogen-bond donors (Lipinski definition) is 0. The van der Waals surface area contributed by atoms with Gasteiger partial charge in [0.25, 0.3) is 0 Å². The van der Waals surface area contributed by atoms with Gasteiger partial charge >= 0.3 is 11.7 Å². The second kappa shape index (κ2) is 5.85. The van der Waals surface area contributed by atoms with E-state index in [0.717, 1.165) is 5.69 Å². The maximum Gasteiger partial charge on any atom is 0.311 e. The number of esters is 1. The van der Waals surface area contributed by atoms with Crippen molar-refractivity contribution in [1.29, 1.82) is 0 Å². The van der Waals surface area contributed by atoms with Gasteiger partial charge in [0.15, 0.2) is 0 Å². The van der Waals surface area contributed by atoms with E-state index in [1.54, 1.807) is 13.0 Å². The normalized spacial score (nSPS) is 16.0. The van der Waals surface area contributed by atoms with Gasteiger partial charge in [0.05, 0.1) is 18.0 Å². The van der Waals surface area contributed by atoms with Gasteiger partial charge in [-0.05, 0) is 25.8 Å². The zero-order valence-corrected chi connectivity index (χ0v) is 11.5. The predicted molar refractivity (Wildman–Crippen MR) is 72.6 cm³/mol. The third-order valence-corrected chi connectivity index (χ3v) is 3.52. The Morgan fingerprint density at radius 2 is 2.10 bits per heavy atom. The van der Waals surface area contributed by atoms with Crippen LogP contribution in [0, 0.1) is 23.0 Å². The summed E-state index contributed by atoms with van der Waals surface area (Å²) in [5.41, 5.74) is 0.743. The fraction of sp³-hybridized carbons (Fsp3) is 0.538. The quantitative estimate of drug-likeness (QED) is 0.475. The molecular formula is C13H17N3O4. The first-order valence-corrected chi connectivity index (χ1v) is 6.47. The Morgan fingerprint density at radius 3 is 2.65 bits per heavy atom.